The third kappa shape index (κ3) is 7.35. The molecule has 0 saturated heterocycles. The molecule has 124 valence electrons. The van der Waals surface area contributed by atoms with Gasteiger partial charge in [0.05, 0.1) is 0 Å². The summed E-state index contributed by atoms with van der Waals surface area (Å²) in [6, 6.07) is 10.3. The lowest BCUT2D eigenvalue weighted by Gasteiger charge is -2.26. The van der Waals surface area contributed by atoms with Gasteiger partial charge in [-0.1, -0.05) is 51.1 Å². The highest BCUT2D eigenvalue weighted by atomic mass is 31.0. The molecule has 0 aliphatic carbocycles. The van der Waals surface area contributed by atoms with E-state index in [1.165, 1.54) is 5.56 Å². The number of hydrogen-bond acceptors (Lipinski definition) is 4. The molecular formula is C17H27O4P. The Morgan fingerprint density at radius 2 is 1.91 bits per heavy atom. The fourth-order valence-corrected chi connectivity index (χ4v) is 2.17. The summed E-state index contributed by atoms with van der Waals surface area (Å²) in [6.07, 6.45) is 2.02. The molecule has 1 aromatic carbocycles. The van der Waals surface area contributed by atoms with Crippen molar-refractivity contribution in [3.8, 4) is 0 Å². The minimum atomic E-state index is -0.574. The second kappa shape index (κ2) is 10.7. The van der Waals surface area contributed by atoms with E-state index in [0.29, 0.717) is 6.42 Å². The van der Waals surface area contributed by atoms with E-state index in [2.05, 4.69) is 21.6 Å². The van der Waals surface area contributed by atoms with Crippen molar-refractivity contribution < 1.29 is 18.8 Å². The number of ether oxygens (including phenoxy) is 2. The zero-order chi connectivity index (χ0) is 16.4. The highest BCUT2D eigenvalue weighted by Crippen LogP contribution is 2.18. The van der Waals surface area contributed by atoms with Crippen LogP contribution in [0.25, 0.3) is 0 Å². The Balaban J connectivity index is 2.42. The molecule has 0 fully saturated rings. The Kier molecular flexibility index (Phi) is 9.30. The summed E-state index contributed by atoms with van der Waals surface area (Å²) in [5.41, 5.74) is 1.29. The van der Waals surface area contributed by atoms with E-state index in [1.807, 2.05) is 32.0 Å². The molecule has 0 N–H and O–H groups in total. The van der Waals surface area contributed by atoms with Gasteiger partial charge in [0.1, 0.15) is 0 Å². The Bertz CT molecular complexity index is 422. The molecule has 0 heterocycles. The first kappa shape index (κ1) is 19.1. The maximum atomic E-state index is 11.4. The van der Waals surface area contributed by atoms with Crippen LogP contribution in [0.1, 0.15) is 45.6 Å². The molecule has 3 atom stereocenters. The van der Waals surface area contributed by atoms with E-state index in [9.17, 15) is 4.79 Å². The van der Waals surface area contributed by atoms with Crippen LogP contribution < -0.4 is 0 Å². The van der Waals surface area contributed by atoms with Gasteiger partial charge >= 0.3 is 5.97 Å². The molecule has 0 saturated carbocycles. The van der Waals surface area contributed by atoms with Crippen LogP contribution in [0.4, 0.5) is 0 Å². The molecule has 0 bridgehead atoms. The van der Waals surface area contributed by atoms with E-state index in [0.717, 1.165) is 19.3 Å². The van der Waals surface area contributed by atoms with E-state index >= 15 is 0 Å². The number of rotatable bonds is 10. The first-order valence-corrected chi connectivity index (χ1v) is 8.28. The number of aryl methyl sites for hydroxylation is 1. The normalized spacial score (nSPS) is 13.9. The van der Waals surface area contributed by atoms with Crippen molar-refractivity contribution in [3.63, 3.8) is 0 Å². The third-order valence-corrected chi connectivity index (χ3v) is 3.57. The molecule has 0 aliphatic heterocycles. The Morgan fingerprint density at radius 1 is 1.23 bits per heavy atom. The van der Waals surface area contributed by atoms with Gasteiger partial charge in [-0.05, 0) is 24.8 Å². The van der Waals surface area contributed by atoms with Gasteiger partial charge in [0.2, 0.25) is 6.29 Å². The molecule has 0 radical (unpaired) electrons. The quantitative estimate of drug-likeness (QED) is 0.369. The number of carbonyl (C=O) groups excluding carboxylic acids is 1. The molecular weight excluding hydrogens is 299 g/mol. The van der Waals surface area contributed by atoms with Crippen LogP contribution in [-0.4, -0.2) is 18.5 Å². The SMILES string of the molecule is CCC(=O)O[C@@H](O[C@H](CCCc1ccccc1)OP)C(C)C. The van der Waals surface area contributed by atoms with Crippen LogP contribution in [0.2, 0.25) is 0 Å². The van der Waals surface area contributed by atoms with Crippen molar-refractivity contribution in [1.82, 2.24) is 0 Å². The summed E-state index contributed by atoms with van der Waals surface area (Å²) in [5, 5.41) is 0. The van der Waals surface area contributed by atoms with Crippen LogP contribution in [0.3, 0.4) is 0 Å². The Hall–Kier alpha value is -0.960. The molecule has 1 aromatic rings. The van der Waals surface area contributed by atoms with Gasteiger partial charge in [-0.25, -0.2) is 0 Å². The summed E-state index contributed by atoms with van der Waals surface area (Å²) < 4.78 is 16.4. The van der Waals surface area contributed by atoms with Gasteiger partial charge in [0.15, 0.2) is 6.29 Å². The summed E-state index contributed by atoms with van der Waals surface area (Å²) in [7, 11) is 2.23. The second-order valence-electron chi connectivity index (χ2n) is 5.54. The van der Waals surface area contributed by atoms with Gasteiger partial charge in [0, 0.05) is 21.8 Å². The fourth-order valence-electron chi connectivity index (χ4n) is 1.97. The predicted molar refractivity (Wildman–Crippen MR) is 90.1 cm³/mol. The van der Waals surface area contributed by atoms with Crippen molar-refractivity contribution in [2.45, 2.75) is 59.0 Å². The van der Waals surface area contributed by atoms with Crippen LogP contribution in [0.5, 0.6) is 0 Å². The van der Waals surface area contributed by atoms with Crippen molar-refractivity contribution >= 4 is 15.4 Å². The molecule has 0 aliphatic rings. The van der Waals surface area contributed by atoms with Gasteiger partial charge in [-0.15, -0.1) is 0 Å². The summed E-state index contributed by atoms with van der Waals surface area (Å²) >= 11 is 0. The van der Waals surface area contributed by atoms with Crippen LogP contribution in [0.15, 0.2) is 30.3 Å². The number of esters is 1. The highest BCUT2D eigenvalue weighted by Gasteiger charge is 2.22. The maximum Gasteiger partial charge on any atom is 0.307 e. The molecule has 0 spiro atoms. The highest BCUT2D eigenvalue weighted by molar-refractivity contribution is 7.09. The van der Waals surface area contributed by atoms with Gasteiger partial charge in [-0.3, -0.25) is 4.79 Å². The largest absolute Gasteiger partial charge is 0.435 e. The molecule has 1 rings (SSSR count). The van der Waals surface area contributed by atoms with E-state index in [1.54, 1.807) is 6.92 Å². The minimum absolute atomic E-state index is 0.0762. The van der Waals surface area contributed by atoms with Gasteiger partial charge in [-0.2, -0.15) is 0 Å². The second-order valence-corrected chi connectivity index (χ2v) is 5.81. The lowest BCUT2D eigenvalue weighted by atomic mass is 10.1. The van der Waals surface area contributed by atoms with Crippen LogP contribution in [0, 0.1) is 5.92 Å². The minimum Gasteiger partial charge on any atom is -0.435 e. The maximum absolute atomic E-state index is 11.4. The van der Waals surface area contributed by atoms with Crippen molar-refractivity contribution in [3.05, 3.63) is 35.9 Å². The topological polar surface area (TPSA) is 44.8 Å². The zero-order valence-corrected chi connectivity index (χ0v) is 14.8. The predicted octanol–water partition coefficient (Wildman–Crippen LogP) is 4.09. The van der Waals surface area contributed by atoms with E-state index in [-0.39, 0.29) is 11.9 Å². The molecule has 0 aromatic heterocycles. The standard InChI is InChI=1S/C17H27O4P/c1-4-15(18)19-17(13(2)3)20-16(21-22)12-8-11-14-9-6-5-7-10-14/h5-7,9-10,13,16-17H,4,8,11-12,22H2,1-3H3/t16-,17-/m0/s1. The Labute approximate surface area is 135 Å². The lowest BCUT2D eigenvalue weighted by Crippen LogP contribution is -2.31. The lowest BCUT2D eigenvalue weighted by molar-refractivity contribution is -0.231. The van der Waals surface area contributed by atoms with E-state index in [4.69, 9.17) is 14.0 Å². The number of benzene rings is 1. The van der Waals surface area contributed by atoms with Gasteiger partial charge in [0.25, 0.3) is 0 Å². The number of carbonyl (C=O) groups is 1. The molecule has 1 unspecified atom stereocenters. The molecule has 5 heteroatoms. The zero-order valence-electron chi connectivity index (χ0n) is 13.7. The van der Waals surface area contributed by atoms with E-state index < -0.39 is 12.6 Å². The number of hydrogen-bond donors (Lipinski definition) is 0. The average molecular weight is 326 g/mol. The summed E-state index contributed by atoms with van der Waals surface area (Å²) in [5.74, 6) is -0.183. The molecule has 0 amide bonds. The van der Waals surface area contributed by atoms with Gasteiger partial charge < -0.3 is 14.0 Å². The third-order valence-electron chi connectivity index (χ3n) is 3.27. The summed E-state index contributed by atoms with van der Waals surface area (Å²) in [6.45, 7) is 5.68. The Morgan fingerprint density at radius 3 is 2.45 bits per heavy atom. The monoisotopic (exact) mass is 326 g/mol. The average Bonchev–Trinajstić information content (AvgIpc) is 2.53. The first-order chi connectivity index (χ1) is 10.6. The fraction of sp³-hybridized carbons (Fsp3) is 0.588. The van der Waals surface area contributed by atoms with Crippen LogP contribution in [-0.2, 0) is 25.2 Å². The summed E-state index contributed by atoms with van der Waals surface area (Å²) in [4.78, 5) is 11.4. The molecule has 4 nitrogen and oxygen atoms in total. The van der Waals surface area contributed by atoms with Crippen molar-refractivity contribution in [1.29, 1.82) is 0 Å². The van der Waals surface area contributed by atoms with Crippen molar-refractivity contribution in [2.75, 3.05) is 0 Å². The smallest absolute Gasteiger partial charge is 0.307 e. The van der Waals surface area contributed by atoms with Crippen LogP contribution >= 0.6 is 9.47 Å². The van der Waals surface area contributed by atoms with Crippen molar-refractivity contribution in [2.24, 2.45) is 5.92 Å². The first-order valence-electron chi connectivity index (χ1n) is 7.81. The molecule has 22 heavy (non-hydrogen) atoms.